The first-order valence-electron chi connectivity index (χ1n) is 9.65. The lowest BCUT2D eigenvalue weighted by molar-refractivity contribution is -0.290. The van der Waals surface area contributed by atoms with Crippen molar-refractivity contribution in [1.29, 1.82) is 0 Å². The lowest BCUT2D eigenvalue weighted by Crippen LogP contribution is -2.34. The Morgan fingerprint density at radius 1 is 0.971 bits per heavy atom. The number of aromatic nitrogens is 5. The zero-order valence-electron chi connectivity index (χ0n) is 17.0. The number of alkyl halides is 5. The molecule has 0 bridgehead atoms. The Bertz CT molecular complexity index is 1560. The number of imidazole rings is 1. The van der Waals surface area contributed by atoms with E-state index in [-0.39, 0.29) is 33.7 Å². The first-order valence-corrected chi connectivity index (χ1v) is 9.65. The first kappa shape index (κ1) is 22.7. The van der Waals surface area contributed by atoms with Crippen LogP contribution < -0.4 is 0 Å². The quantitative estimate of drug-likeness (QED) is 0.351. The predicted octanol–water partition coefficient (Wildman–Crippen LogP) is 5.02. The summed E-state index contributed by atoms with van der Waals surface area (Å²) in [7, 11) is 0. The Balaban J connectivity index is 1.86. The highest BCUT2D eigenvalue weighted by molar-refractivity contribution is 5.94. The Labute approximate surface area is 189 Å². The molecule has 0 radical (unpaired) electrons. The minimum absolute atomic E-state index is 0.00995. The summed E-state index contributed by atoms with van der Waals surface area (Å²) in [5.74, 6) is -7.86. The van der Waals surface area contributed by atoms with Gasteiger partial charge in [0.1, 0.15) is 34.3 Å². The second-order valence-corrected chi connectivity index (χ2v) is 7.37. The van der Waals surface area contributed by atoms with E-state index in [1.54, 1.807) is 0 Å². The van der Waals surface area contributed by atoms with E-state index in [2.05, 4.69) is 20.2 Å². The van der Waals surface area contributed by atoms with Gasteiger partial charge in [0.2, 0.25) is 6.39 Å². The van der Waals surface area contributed by atoms with Crippen LogP contribution in [0.4, 0.5) is 30.7 Å². The van der Waals surface area contributed by atoms with Crippen LogP contribution >= 0.6 is 0 Å². The first-order chi connectivity index (χ1) is 16.5. The number of nitrogens with zero attached hydrogens (tertiary/aromatic N) is 5. The molecule has 4 aromatic heterocycles. The number of halogens is 7. The fourth-order valence-corrected chi connectivity index (χ4v) is 3.57. The molecule has 0 aliphatic heterocycles. The Morgan fingerprint density at radius 3 is 2.29 bits per heavy atom. The molecule has 7 nitrogen and oxygen atoms in total. The summed E-state index contributed by atoms with van der Waals surface area (Å²) in [5.41, 5.74) is -3.31. The molecule has 35 heavy (non-hydrogen) atoms. The van der Waals surface area contributed by atoms with Gasteiger partial charge in [0.05, 0.1) is 6.61 Å². The number of aliphatic hydroxyl groups is 1. The average Bonchev–Trinajstić information content (AvgIpc) is 3.47. The van der Waals surface area contributed by atoms with Crippen molar-refractivity contribution in [3.8, 4) is 22.7 Å². The molecule has 0 atom stereocenters. The monoisotopic (exact) mass is 497 g/mol. The Morgan fingerprint density at radius 2 is 1.69 bits per heavy atom. The van der Waals surface area contributed by atoms with E-state index in [4.69, 9.17) is 9.52 Å². The standard InChI is InChI=1S/C21H10F7N5O2/c22-13-3-9(4-14(23)12(13)7-34)11-5-16(20(24,25)21(26,27)28)31-18-10(11)1-2-17-30-15(6-33(17)18)19-32-29-8-35-19/h1-6,8,34H,7H2. The molecule has 0 saturated carbocycles. The summed E-state index contributed by atoms with van der Waals surface area (Å²) in [5, 5.41) is 16.3. The molecule has 0 amide bonds. The van der Waals surface area contributed by atoms with Gasteiger partial charge in [0, 0.05) is 17.1 Å². The molecule has 1 aromatic carbocycles. The van der Waals surface area contributed by atoms with Crippen LogP contribution in [-0.4, -0.2) is 35.8 Å². The van der Waals surface area contributed by atoms with Crippen molar-refractivity contribution < 1.29 is 40.3 Å². The number of hydrogen-bond acceptors (Lipinski definition) is 6. The number of pyridine rings is 2. The van der Waals surface area contributed by atoms with Crippen LogP contribution in [-0.2, 0) is 12.5 Å². The number of fused-ring (bicyclic) bond motifs is 3. The molecule has 5 aromatic rings. The molecule has 5 rings (SSSR count). The zero-order valence-corrected chi connectivity index (χ0v) is 17.0. The normalized spacial score (nSPS) is 12.7. The Kier molecular flexibility index (Phi) is 5.01. The smallest absolute Gasteiger partial charge is 0.422 e. The topological polar surface area (TPSA) is 89.3 Å². The Hall–Kier alpha value is -4.07. The van der Waals surface area contributed by atoms with E-state index < -0.39 is 47.2 Å². The van der Waals surface area contributed by atoms with E-state index in [0.29, 0.717) is 6.07 Å². The molecule has 14 heteroatoms. The highest BCUT2D eigenvalue weighted by Gasteiger charge is 2.60. The maximum absolute atomic E-state index is 14.4. The maximum atomic E-state index is 14.4. The van der Waals surface area contributed by atoms with Crippen molar-refractivity contribution >= 4 is 16.7 Å². The van der Waals surface area contributed by atoms with E-state index >= 15 is 0 Å². The van der Waals surface area contributed by atoms with Crippen molar-refractivity contribution in [2.24, 2.45) is 0 Å². The van der Waals surface area contributed by atoms with Gasteiger partial charge >= 0.3 is 12.1 Å². The summed E-state index contributed by atoms with van der Waals surface area (Å²) in [4.78, 5) is 7.73. The van der Waals surface area contributed by atoms with Crippen LogP contribution in [0.2, 0.25) is 0 Å². The second kappa shape index (κ2) is 7.73. The molecule has 0 fully saturated rings. The van der Waals surface area contributed by atoms with Crippen LogP contribution in [0.1, 0.15) is 11.3 Å². The van der Waals surface area contributed by atoms with Crippen molar-refractivity contribution in [2.45, 2.75) is 18.7 Å². The summed E-state index contributed by atoms with van der Waals surface area (Å²) in [6, 6.07) is 4.57. The van der Waals surface area contributed by atoms with Crippen molar-refractivity contribution in [1.82, 2.24) is 24.6 Å². The third-order valence-corrected chi connectivity index (χ3v) is 5.27. The molecule has 0 aliphatic carbocycles. The average molecular weight is 497 g/mol. The second-order valence-electron chi connectivity index (χ2n) is 7.37. The highest BCUT2D eigenvalue weighted by atomic mass is 19.4. The molecule has 4 heterocycles. The van der Waals surface area contributed by atoms with Gasteiger partial charge < -0.3 is 9.52 Å². The lowest BCUT2D eigenvalue weighted by atomic mass is 9.98. The summed E-state index contributed by atoms with van der Waals surface area (Å²) < 4.78 is 103. The maximum Gasteiger partial charge on any atom is 0.459 e. The van der Waals surface area contributed by atoms with Gasteiger partial charge in [-0.3, -0.25) is 4.40 Å². The highest BCUT2D eigenvalue weighted by Crippen LogP contribution is 2.45. The molecular formula is C21H10F7N5O2. The van der Waals surface area contributed by atoms with Gasteiger partial charge in [-0.25, -0.2) is 18.7 Å². The van der Waals surface area contributed by atoms with Crippen molar-refractivity contribution in [2.75, 3.05) is 0 Å². The SMILES string of the molecule is OCc1c(F)cc(-c2cc(C(F)(F)C(F)(F)F)nc3c2ccc2nc(-c4nnco4)cn23)cc1F. The van der Waals surface area contributed by atoms with Crippen LogP contribution in [0.25, 0.3) is 39.4 Å². The van der Waals surface area contributed by atoms with E-state index in [1.807, 2.05) is 0 Å². The van der Waals surface area contributed by atoms with E-state index in [0.717, 1.165) is 22.9 Å². The van der Waals surface area contributed by atoms with Crippen LogP contribution in [0, 0.1) is 11.6 Å². The molecular weight excluding hydrogens is 487 g/mol. The number of benzene rings is 1. The summed E-state index contributed by atoms with van der Waals surface area (Å²) in [6.07, 6.45) is -3.76. The minimum atomic E-state index is -6.00. The van der Waals surface area contributed by atoms with E-state index in [9.17, 15) is 30.7 Å². The molecule has 0 spiro atoms. The van der Waals surface area contributed by atoms with Crippen LogP contribution in [0.15, 0.2) is 47.3 Å². The number of hydrogen-bond donors (Lipinski definition) is 1. The fourth-order valence-electron chi connectivity index (χ4n) is 3.57. The molecule has 180 valence electrons. The van der Waals surface area contributed by atoms with Crippen molar-refractivity contribution in [3.05, 3.63) is 65.8 Å². The summed E-state index contributed by atoms with van der Waals surface area (Å²) >= 11 is 0. The van der Waals surface area contributed by atoms with Crippen molar-refractivity contribution in [3.63, 3.8) is 0 Å². The van der Waals surface area contributed by atoms with Gasteiger partial charge in [-0.15, -0.1) is 10.2 Å². The molecule has 0 saturated heterocycles. The predicted molar refractivity (Wildman–Crippen MR) is 105 cm³/mol. The van der Waals surface area contributed by atoms with E-state index in [1.165, 1.54) is 18.3 Å². The molecule has 0 aliphatic rings. The molecule has 1 N–H and O–H groups in total. The minimum Gasteiger partial charge on any atom is -0.422 e. The van der Waals surface area contributed by atoms with Crippen LogP contribution in [0.5, 0.6) is 0 Å². The zero-order chi connectivity index (χ0) is 25.1. The lowest BCUT2D eigenvalue weighted by Gasteiger charge is -2.21. The number of aliphatic hydroxyl groups excluding tert-OH is 1. The van der Waals surface area contributed by atoms with Gasteiger partial charge in [0.15, 0.2) is 0 Å². The van der Waals surface area contributed by atoms with Crippen LogP contribution in [0.3, 0.4) is 0 Å². The van der Waals surface area contributed by atoms with Gasteiger partial charge in [-0.05, 0) is 41.5 Å². The van der Waals surface area contributed by atoms with Gasteiger partial charge in [-0.1, -0.05) is 0 Å². The third kappa shape index (κ3) is 3.56. The summed E-state index contributed by atoms with van der Waals surface area (Å²) in [6.45, 7) is -0.986. The van der Waals surface area contributed by atoms with Gasteiger partial charge in [-0.2, -0.15) is 22.0 Å². The number of rotatable bonds is 4. The van der Waals surface area contributed by atoms with Gasteiger partial charge in [0.25, 0.3) is 5.89 Å². The largest absolute Gasteiger partial charge is 0.459 e. The molecule has 0 unspecified atom stereocenters. The fraction of sp³-hybridized carbons (Fsp3) is 0.143. The third-order valence-electron chi connectivity index (χ3n) is 5.27.